The molecule has 2 rings (SSSR count). The number of methoxy groups -OCH3 is 1. The molecule has 2 N–H and O–H groups in total. The number of halogens is 1. The molecule has 19 heavy (non-hydrogen) atoms. The van der Waals surface area contributed by atoms with Crippen LogP contribution >= 0.6 is 0 Å². The second kappa shape index (κ2) is 5.61. The summed E-state index contributed by atoms with van der Waals surface area (Å²) in [7, 11) is 1.48. The minimum Gasteiger partial charge on any atom is -0.494 e. The molecule has 2 aromatic carbocycles. The molecule has 4 heteroatoms. The third-order valence-corrected chi connectivity index (χ3v) is 2.82. The first-order chi connectivity index (χ1) is 9.13. The number of anilines is 1. The van der Waals surface area contributed by atoms with Crippen LogP contribution in [0.4, 0.5) is 10.1 Å². The summed E-state index contributed by atoms with van der Waals surface area (Å²) in [5.41, 5.74) is 6.99. The number of aryl methyl sites for hydroxylation is 1. The van der Waals surface area contributed by atoms with Gasteiger partial charge in [0.2, 0.25) is 0 Å². The van der Waals surface area contributed by atoms with Crippen molar-refractivity contribution < 1.29 is 13.9 Å². The Balaban J connectivity index is 2.32. The van der Waals surface area contributed by atoms with E-state index in [1.165, 1.54) is 19.2 Å². The van der Waals surface area contributed by atoms with E-state index in [9.17, 15) is 4.39 Å². The molecule has 0 aliphatic carbocycles. The molecule has 0 spiro atoms. The first kappa shape index (κ1) is 13.2. The number of ether oxygens (including phenoxy) is 2. The molecule has 0 heterocycles. The van der Waals surface area contributed by atoms with Crippen LogP contribution < -0.4 is 15.2 Å². The van der Waals surface area contributed by atoms with Crippen molar-refractivity contribution in [3.63, 3.8) is 0 Å². The smallest absolute Gasteiger partial charge is 0.168 e. The third kappa shape index (κ3) is 2.96. The van der Waals surface area contributed by atoms with Gasteiger partial charge in [-0.1, -0.05) is 19.1 Å². The third-order valence-electron chi connectivity index (χ3n) is 2.82. The van der Waals surface area contributed by atoms with Crippen molar-refractivity contribution in [3.05, 3.63) is 47.8 Å². The van der Waals surface area contributed by atoms with Crippen molar-refractivity contribution in [1.29, 1.82) is 0 Å². The molecular weight excluding hydrogens is 245 g/mol. The van der Waals surface area contributed by atoms with E-state index in [0.717, 1.165) is 12.0 Å². The summed E-state index contributed by atoms with van der Waals surface area (Å²) in [6, 6.07) is 10.2. The van der Waals surface area contributed by atoms with E-state index in [4.69, 9.17) is 15.2 Å². The van der Waals surface area contributed by atoms with Crippen LogP contribution in [0.1, 0.15) is 12.5 Å². The highest BCUT2D eigenvalue weighted by atomic mass is 19.1. The van der Waals surface area contributed by atoms with Crippen molar-refractivity contribution in [3.8, 4) is 17.2 Å². The van der Waals surface area contributed by atoms with Gasteiger partial charge in [-0.15, -0.1) is 0 Å². The topological polar surface area (TPSA) is 44.5 Å². The number of nitrogens with two attached hydrogens (primary N) is 1. The molecule has 0 atom stereocenters. The quantitative estimate of drug-likeness (QED) is 0.852. The second-order valence-electron chi connectivity index (χ2n) is 4.13. The summed E-state index contributed by atoms with van der Waals surface area (Å²) in [6.07, 6.45) is 0.894. The Morgan fingerprint density at radius 1 is 1.16 bits per heavy atom. The minimum absolute atomic E-state index is 0.0966. The van der Waals surface area contributed by atoms with Crippen LogP contribution in [-0.4, -0.2) is 7.11 Å². The van der Waals surface area contributed by atoms with Crippen molar-refractivity contribution >= 4 is 5.69 Å². The Kier molecular flexibility index (Phi) is 3.90. The molecular formula is C15H16FNO2. The fourth-order valence-corrected chi connectivity index (χ4v) is 1.76. The number of rotatable bonds is 4. The van der Waals surface area contributed by atoms with E-state index in [1.54, 1.807) is 6.07 Å². The SMILES string of the molecule is CCc1cccc(Oc2cc(OC)c(N)cc2F)c1. The molecule has 3 nitrogen and oxygen atoms in total. The molecule has 0 radical (unpaired) electrons. The fourth-order valence-electron chi connectivity index (χ4n) is 1.76. The van der Waals surface area contributed by atoms with Crippen LogP contribution in [0.3, 0.4) is 0 Å². The van der Waals surface area contributed by atoms with Crippen molar-refractivity contribution in [1.82, 2.24) is 0 Å². The number of benzene rings is 2. The van der Waals surface area contributed by atoms with Crippen molar-refractivity contribution in [2.45, 2.75) is 13.3 Å². The largest absolute Gasteiger partial charge is 0.494 e. The zero-order chi connectivity index (χ0) is 13.8. The van der Waals surface area contributed by atoms with Gasteiger partial charge in [0.15, 0.2) is 11.6 Å². The van der Waals surface area contributed by atoms with Crippen molar-refractivity contribution in [2.75, 3.05) is 12.8 Å². The van der Waals surface area contributed by atoms with Crippen LogP contribution in [0.5, 0.6) is 17.2 Å². The number of nitrogen functional groups attached to an aromatic ring is 1. The lowest BCUT2D eigenvalue weighted by Crippen LogP contribution is -1.96. The predicted octanol–water partition coefficient (Wildman–Crippen LogP) is 3.77. The average Bonchev–Trinajstić information content (AvgIpc) is 2.42. The molecule has 0 aliphatic rings. The lowest BCUT2D eigenvalue weighted by Gasteiger charge is -2.11. The van der Waals surface area contributed by atoms with E-state index < -0.39 is 5.82 Å². The second-order valence-corrected chi connectivity index (χ2v) is 4.13. The molecule has 2 aromatic rings. The van der Waals surface area contributed by atoms with Gasteiger partial charge in [0.1, 0.15) is 11.5 Å². The lowest BCUT2D eigenvalue weighted by molar-refractivity contribution is 0.403. The molecule has 100 valence electrons. The maximum absolute atomic E-state index is 13.8. The Hall–Kier alpha value is -2.23. The maximum atomic E-state index is 13.8. The summed E-state index contributed by atoms with van der Waals surface area (Å²) >= 11 is 0. The maximum Gasteiger partial charge on any atom is 0.168 e. The Morgan fingerprint density at radius 3 is 2.63 bits per heavy atom. The molecule has 0 saturated heterocycles. The van der Waals surface area contributed by atoms with Crippen LogP contribution in [0.25, 0.3) is 0 Å². The minimum atomic E-state index is -0.514. The van der Waals surface area contributed by atoms with Gasteiger partial charge in [0, 0.05) is 12.1 Å². The van der Waals surface area contributed by atoms with E-state index in [0.29, 0.717) is 11.5 Å². The number of hydrogen-bond acceptors (Lipinski definition) is 3. The average molecular weight is 261 g/mol. The highest BCUT2D eigenvalue weighted by molar-refractivity contribution is 5.56. The Morgan fingerprint density at radius 2 is 1.95 bits per heavy atom. The van der Waals surface area contributed by atoms with Gasteiger partial charge < -0.3 is 15.2 Å². The summed E-state index contributed by atoms with van der Waals surface area (Å²) in [4.78, 5) is 0. The standard InChI is InChI=1S/C15H16FNO2/c1-3-10-5-4-6-11(7-10)19-14-9-15(18-2)13(17)8-12(14)16/h4-9H,3,17H2,1-2H3. The van der Waals surface area contributed by atoms with Crippen LogP contribution in [0, 0.1) is 5.82 Å². The van der Waals surface area contributed by atoms with E-state index in [-0.39, 0.29) is 11.4 Å². The van der Waals surface area contributed by atoms with Gasteiger partial charge in [-0.05, 0) is 24.1 Å². The van der Waals surface area contributed by atoms with Crippen LogP contribution in [-0.2, 0) is 6.42 Å². The summed E-state index contributed by atoms with van der Waals surface area (Å²) in [6.45, 7) is 2.05. The van der Waals surface area contributed by atoms with E-state index >= 15 is 0 Å². The molecule has 0 aromatic heterocycles. The summed E-state index contributed by atoms with van der Waals surface area (Å²) < 4.78 is 24.4. The van der Waals surface area contributed by atoms with Gasteiger partial charge in [0.05, 0.1) is 12.8 Å². The molecule has 0 aliphatic heterocycles. The monoisotopic (exact) mass is 261 g/mol. The van der Waals surface area contributed by atoms with Crippen LogP contribution in [0.2, 0.25) is 0 Å². The highest BCUT2D eigenvalue weighted by Gasteiger charge is 2.10. The van der Waals surface area contributed by atoms with Gasteiger partial charge in [-0.2, -0.15) is 0 Å². The van der Waals surface area contributed by atoms with Gasteiger partial charge in [-0.3, -0.25) is 0 Å². The number of hydrogen-bond donors (Lipinski definition) is 1. The molecule has 0 fully saturated rings. The normalized spacial score (nSPS) is 10.3. The highest BCUT2D eigenvalue weighted by Crippen LogP contribution is 2.32. The predicted molar refractivity (Wildman–Crippen MR) is 73.3 cm³/mol. The van der Waals surface area contributed by atoms with Crippen LogP contribution in [0.15, 0.2) is 36.4 Å². The zero-order valence-electron chi connectivity index (χ0n) is 10.9. The van der Waals surface area contributed by atoms with Crippen molar-refractivity contribution in [2.24, 2.45) is 0 Å². The molecule has 0 saturated carbocycles. The Labute approximate surface area is 111 Å². The van der Waals surface area contributed by atoms with E-state index in [1.807, 2.05) is 25.1 Å². The fraction of sp³-hybridized carbons (Fsp3) is 0.200. The van der Waals surface area contributed by atoms with E-state index in [2.05, 4.69) is 0 Å². The summed E-state index contributed by atoms with van der Waals surface area (Å²) in [5.74, 6) is 0.563. The first-order valence-electron chi connectivity index (χ1n) is 6.04. The molecule has 0 amide bonds. The Bertz CT molecular complexity index is 584. The van der Waals surface area contributed by atoms with Gasteiger partial charge in [-0.25, -0.2) is 4.39 Å². The first-order valence-corrected chi connectivity index (χ1v) is 6.04. The van der Waals surface area contributed by atoms with Gasteiger partial charge in [0.25, 0.3) is 0 Å². The van der Waals surface area contributed by atoms with Gasteiger partial charge >= 0.3 is 0 Å². The molecule has 0 bridgehead atoms. The lowest BCUT2D eigenvalue weighted by atomic mass is 10.2. The zero-order valence-corrected chi connectivity index (χ0v) is 10.9. The molecule has 0 unspecified atom stereocenters. The summed E-state index contributed by atoms with van der Waals surface area (Å²) in [5, 5.41) is 0.